The van der Waals surface area contributed by atoms with Crippen LogP contribution in [-0.2, 0) is 10.2 Å². The Morgan fingerprint density at radius 1 is 1.50 bits per heavy atom. The first-order chi connectivity index (χ1) is 4.54. The SMILES string of the molecule is CC(C)N1CCNS1(=O)=O. The monoisotopic (exact) mass is 164 g/mol. The van der Waals surface area contributed by atoms with E-state index < -0.39 is 10.2 Å². The van der Waals surface area contributed by atoms with Crippen molar-refractivity contribution in [3.8, 4) is 0 Å². The van der Waals surface area contributed by atoms with E-state index in [0.717, 1.165) is 0 Å². The van der Waals surface area contributed by atoms with Gasteiger partial charge in [0.15, 0.2) is 0 Å². The second-order valence-electron chi connectivity index (χ2n) is 2.60. The molecule has 1 aliphatic heterocycles. The molecule has 4 nitrogen and oxygen atoms in total. The van der Waals surface area contributed by atoms with Crippen molar-refractivity contribution in [3.05, 3.63) is 0 Å². The van der Waals surface area contributed by atoms with Gasteiger partial charge in [-0.1, -0.05) is 0 Å². The van der Waals surface area contributed by atoms with E-state index in [1.165, 1.54) is 4.31 Å². The predicted octanol–water partition coefficient (Wildman–Crippen LogP) is -0.455. The van der Waals surface area contributed by atoms with Crippen LogP contribution >= 0.6 is 0 Å². The minimum atomic E-state index is -3.10. The van der Waals surface area contributed by atoms with Crippen molar-refractivity contribution < 1.29 is 8.42 Å². The summed E-state index contributed by atoms with van der Waals surface area (Å²) in [5.74, 6) is 0. The average molecular weight is 164 g/mol. The van der Waals surface area contributed by atoms with Crippen LogP contribution < -0.4 is 4.72 Å². The lowest BCUT2D eigenvalue weighted by molar-refractivity contribution is 0.387. The fourth-order valence-electron chi connectivity index (χ4n) is 1.02. The largest absolute Gasteiger partial charge is 0.279 e. The molecule has 1 rings (SSSR count). The quantitative estimate of drug-likeness (QED) is 0.570. The molecule has 0 aromatic carbocycles. The first-order valence-electron chi connectivity index (χ1n) is 3.30. The highest BCUT2D eigenvalue weighted by Gasteiger charge is 2.29. The molecule has 1 aliphatic rings. The van der Waals surface area contributed by atoms with Crippen LogP contribution in [0, 0.1) is 0 Å². The van der Waals surface area contributed by atoms with Gasteiger partial charge in [-0.2, -0.15) is 12.7 Å². The smallest absolute Gasteiger partial charge is 0.201 e. The Balaban J connectivity index is 2.79. The van der Waals surface area contributed by atoms with Crippen LogP contribution in [0.25, 0.3) is 0 Å². The Hall–Kier alpha value is -0.130. The number of hydrogen-bond acceptors (Lipinski definition) is 2. The van der Waals surface area contributed by atoms with Crippen LogP contribution in [-0.4, -0.2) is 31.9 Å². The average Bonchev–Trinajstić information content (AvgIpc) is 2.08. The molecular formula is C5H12N2O2S. The summed E-state index contributed by atoms with van der Waals surface area (Å²) in [6.07, 6.45) is 0. The highest BCUT2D eigenvalue weighted by atomic mass is 32.2. The number of nitrogens with zero attached hydrogens (tertiary/aromatic N) is 1. The third kappa shape index (κ3) is 1.31. The van der Waals surface area contributed by atoms with Gasteiger partial charge >= 0.3 is 0 Å². The lowest BCUT2D eigenvalue weighted by Crippen LogP contribution is -2.34. The summed E-state index contributed by atoms with van der Waals surface area (Å²) in [6, 6.07) is 0.0694. The summed E-state index contributed by atoms with van der Waals surface area (Å²) < 4.78 is 25.9. The van der Waals surface area contributed by atoms with Crippen molar-refractivity contribution >= 4 is 10.2 Å². The maximum Gasteiger partial charge on any atom is 0.279 e. The highest BCUT2D eigenvalue weighted by molar-refractivity contribution is 7.87. The third-order valence-electron chi connectivity index (χ3n) is 1.50. The molecule has 0 atom stereocenters. The Labute approximate surface area is 61.4 Å². The van der Waals surface area contributed by atoms with Gasteiger partial charge in [0.1, 0.15) is 0 Å². The first-order valence-corrected chi connectivity index (χ1v) is 4.74. The van der Waals surface area contributed by atoms with Gasteiger partial charge < -0.3 is 0 Å². The van der Waals surface area contributed by atoms with Crippen molar-refractivity contribution in [3.63, 3.8) is 0 Å². The van der Waals surface area contributed by atoms with Gasteiger partial charge in [0, 0.05) is 19.1 Å². The van der Waals surface area contributed by atoms with Crippen LogP contribution in [0.5, 0.6) is 0 Å². The molecule has 1 fully saturated rings. The van der Waals surface area contributed by atoms with Gasteiger partial charge in [0.2, 0.25) is 0 Å². The Kier molecular flexibility index (Phi) is 1.98. The van der Waals surface area contributed by atoms with Gasteiger partial charge in [-0.15, -0.1) is 0 Å². The lowest BCUT2D eigenvalue weighted by Gasteiger charge is -2.16. The second kappa shape index (κ2) is 2.48. The molecular weight excluding hydrogens is 152 g/mol. The molecule has 60 valence electrons. The molecule has 0 saturated carbocycles. The fourth-order valence-corrected chi connectivity index (χ4v) is 2.43. The van der Waals surface area contributed by atoms with Crippen LogP contribution in [0.3, 0.4) is 0 Å². The molecule has 5 heteroatoms. The Bertz CT molecular complexity index is 210. The van der Waals surface area contributed by atoms with E-state index >= 15 is 0 Å². The van der Waals surface area contributed by atoms with Crippen molar-refractivity contribution in [2.24, 2.45) is 0 Å². The maximum absolute atomic E-state index is 11.0. The summed E-state index contributed by atoms with van der Waals surface area (Å²) in [5, 5.41) is 0. The van der Waals surface area contributed by atoms with E-state index in [1.54, 1.807) is 0 Å². The molecule has 0 amide bonds. The number of nitrogens with one attached hydrogen (secondary N) is 1. The van der Waals surface area contributed by atoms with Crippen LogP contribution in [0.1, 0.15) is 13.8 Å². The van der Waals surface area contributed by atoms with Crippen molar-refractivity contribution in [1.82, 2.24) is 9.03 Å². The zero-order valence-corrected chi connectivity index (χ0v) is 6.98. The molecule has 0 unspecified atom stereocenters. The van der Waals surface area contributed by atoms with Crippen molar-refractivity contribution in [2.75, 3.05) is 13.1 Å². The normalized spacial score (nSPS) is 25.9. The highest BCUT2D eigenvalue weighted by Crippen LogP contribution is 2.08. The molecule has 0 bridgehead atoms. The molecule has 0 aliphatic carbocycles. The third-order valence-corrected chi connectivity index (χ3v) is 3.29. The summed E-state index contributed by atoms with van der Waals surface area (Å²) in [5.41, 5.74) is 0. The molecule has 1 heterocycles. The first kappa shape index (κ1) is 7.97. The second-order valence-corrected chi connectivity index (χ2v) is 4.31. The van der Waals surface area contributed by atoms with Crippen LogP contribution in [0.2, 0.25) is 0 Å². The topological polar surface area (TPSA) is 49.4 Å². The minimum absolute atomic E-state index is 0.0694. The Morgan fingerprint density at radius 3 is 2.30 bits per heavy atom. The van der Waals surface area contributed by atoms with E-state index in [9.17, 15) is 8.42 Å². The summed E-state index contributed by atoms with van der Waals surface area (Å²) >= 11 is 0. The molecule has 1 saturated heterocycles. The molecule has 0 aromatic heterocycles. The molecule has 10 heavy (non-hydrogen) atoms. The zero-order valence-electron chi connectivity index (χ0n) is 6.16. The minimum Gasteiger partial charge on any atom is -0.201 e. The van der Waals surface area contributed by atoms with E-state index in [-0.39, 0.29) is 6.04 Å². The Morgan fingerprint density at radius 2 is 2.10 bits per heavy atom. The molecule has 0 radical (unpaired) electrons. The maximum atomic E-state index is 11.0. The molecule has 0 spiro atoms. The van der Waals surface area contributed by atoms with E-state index in [1.807, 2.05) is 13.8 Å². The lowest BCUT2D eigenvalue weighted by atomic mass is 10.4. The summed E-state index contributed by atoms with van der Waals surface area (Å²) in [7, 11) is -3.10. The molecule has 0 aromatic rings. The zero-order chi connectivity index (χ0) is 7.78. The van der Waals surface area contributed by atoms with Gasteiger partial charge in [0.25, 0.3) is 10.2 Å². The van der Waals surface area contributed by atoms with Crippen LogP contribution in [0.4, 0.5) is 0 Å². The van der Waals surface area contributed by atoms with E-state index in [4.69, 9.17) is 0 Å². The van der Waals surface area contributed by atoms with E-state index in [0.29, 0.717) is 13.1 Å². The van der Waals surface area contributed by atoms with Crippen molar-refractivity contribution in [2.45, 2.75) is 19.9 Å². The summed E-state index contributed by atoms with van der Waals surface area (Å²) in [6.45, 7) is 4.87. The number of rotatable bonds is 1. The fraction of sp³-hybridized carbons (Fsp3) is 1.00. The summed E-state index contributed by atoms with van der Waals surface area (Å²) in [4.78, 5) is 0. The van der Waals surface area contributed by atoms with Gasteiger partial charge in [-0.25, -0.2) is 4.72 Å². The standard InChI is InChI=1S/C5H12N2O2S/c1-5(2)7-4-3-6-10(7,8)9/h5-6H,3-4H2,1-2H3. The van der Waals surface area contributed by atoms with Gasteiger partial charge in [-0.05, 0) is 13.8 Å². The number of hydrogen-bond donors (Lipinski definition) is 1. The van der Waals surface area contributed by atoms with Gasteiger partial charge in [-0.3, -0.25) is 0 Å². The van der Waals surface area contributed by atoms with Gasteiger partial charge in [0.05, 0.1) is 0 Å². The predicted molar refractivity (Wildman–Crippen MR) is 38.8 cm³/mol. The molecule has 1 N–H and O–H groups in total. The van der Waals surface area contributed by atoms with Crippen molar-refractivity contribution in [1.29, 1.82) is 0 Å². The van der Waals surface area contributed by atoms with E-state index in [2.05, 4.69) is 4.72 Å². The van der Waals surface area contributed by atoms with Crippen LogP contribution in [0.15, 0.2) is 0 Å².